The Morgan fingerprint density at radius 3 is 2.05 bits per heavy atom. The van der Waals surface area contributed by atoms with Gasteiger partial charge in [-0.2, -0.15) is 8.78 Å². The Balaban J connectivity index is 2.03. The molecule has 1 aromatic carbocycles. The van der Waals surface area contributed by atoms with Crippen molar-refractivity contribution in [1.82, 2.24) is 4.90 Å². The molecule has 0 saturated carbocycles. The Morgan fingerprint density at radius 1 is 1.14 bits per heavy atom. The molecule has 1 aromatic rings. The van der Waals surface area contributed by atoms with Gasteiger partial charge in [0, 0.05) is 18.7 Å². The van der Waals surface area contributed by atoms with E-state index in [0.29, 0.717) is 0 Å². The van der Waals surface area contributed by atoms with Gasteiger partial charge < -0.3 is 10.0 Å². The van der Waals surface area contributed by atoms with Gasteiger partial charge in [-0.3, -0.25) is 4.79 Å². The average Bonchev–Trinajstić information content (AvgIpc) is 2.36. The van der Waals surface area contributed by atoms with Crippen LogP contribution in [-0.4, -0.2) is 54.4 Å². The molecule has 6 nitrogen and oxygen atoms in total. The smallest absolute Gasteiger partial charge is 0.337 e. The number of carboxylic acids is 1. The molecule has 1 fully saturated rings. The van der Waals surface area contributed by atoms with Crippen LogP contribution >= 0.6 is 0 Å². The van der Waals surface area contributed by atoms with Gasteiger partial charge in [0.25, 0.3) is 5.91 Å². The van der Waals surface area contributed by atoms with Crippen molar-refractivity contribution in [1.29, 1.82) is 0 Å². The Kier molecular flexibility index (Phi) is 3.95. The maximum atomic E-state index is 12.3. The van der Waals surface area contributed by atoms with Crippen LogP contribution in [0.5, 0.6) is 0 Å². The van der Waals surface area contributed by atoms with Gasteiger partial charge in [0.15, 0.2) is 0 Å². The van der Waals surface area contributed by atoms with Crippen molar-refractivity contribution >= 4 is 21.7 Å². The number of amides is 1. The summed E-state index contributed by atoms with van der Waals surface area (Å²) < 4.78 is 47.0. The quantitative estimate of drug-likeness (QED) is 0.888. The highest BCUT2D eigenvalue weighted by Crippen LogP contribution is 2.23. The predicted molar refractivity (Wildman–Crippen MR) is 68.0 cm³/mol. The molecule has 1 N–H and O–H groups in total. The number of rotatable bonds is 4. The third kappa shape index (κ3) is 2.87. The van der Waals surface area contributed by atoms with Gasteiger partial charge in [-0.05, 0) is 24.3 Å². The van der Waals surface area contributed by atoms with Crippen LogP contribution in [0.4, 0.5) is 8.78 Å². The zero-order valence-corrected chi connectivity index (χ0v) is 11.4. The second-order valence-electron chi connectivity index (χ2n) is 4.56. The van der Waals surface area contributed by atoms with Crippen molar-refractivity contribution in [2.45, 2.75) is 11.0 Å². The lowest BCUT2D eigenvalue weighted by molar-refractivity contribution is 0.0649. The van der Waals surface area contributed by atoms with E-state index in [1.54, 1.807) is 0 Å². The molecule has 0 spiro atoms. The number of likely N-dealkylation sites (tertiary alicyclic amines) is 1. The van der Waals surface area contributed by atoms with E-state index < -0.39 is 32.7 Å². The molecule has 0 bridgehead atoms. The molecule has 0 unspecified atom stereocenters. The summed E-state index contributed by atoms with van der Waals surface area (Å²) in [6.07, 6.45) is 0. The van der Waals surface area contributed by atoms with E-state index in [0.717, 1.165) is 4.90 Å². The normalized spacial score (nSPS) is 15.9. The summed E-state index contributed by atoms with van der Waals surface area (Å²) in [7, 11) is -4.51. The Labute approximate surface area is 118 Å². The third-order valence-corrected chi connectivity index (χ3v) is 4.95. The molecule has 1 aliphatic rings. The maximum Gasteiger partial charge on any atom is 0.337 e. The predicted octanol–water partition coefficient (Wildman–Crippen LogP) is 0.847. The molecule has 1 saturated heterocycles. The van der Waals surface area contributed by atoms with Gasteiger partial charge in [0.05, 0.1) is 5.56 Å². The van der Waals surface area contributed by atoms with E-state index in [4.69, 9.17) is 5.11 Å². The Hall–Kier alpha value is -2.03. The van der Waals surface area contributed by atoms with Crippen molar-refractivity contribution in [2.24, 2.45) is 0 Å². The van der Waals surface area contributed by atoms with Crippen LogP contribution in [0.15, 0.2) is 24.3 Å². The number of hydrogen-bond donors (Lipinski definition) is 1. The Morgan fingerprint density at radius 2 is 1.62 bits per heavy atom. The molecule has 0 atom stereocenters. The van der Waals surface area contributed by atoms with Crippen molar-refractivity contribution in [3.05, 3.63) is 35.4 Å². The lowest BCUT2D eigenvalue weighted by Gasteiger charge is -2.38. The van der Waals surface area contributed by atoms with Crippen molar-refractivity contribution in [2.75, 3.05) is 13.1 Å². The van der Waals surface area contributed by atoms with Crippen molar-refractivity contribution in [3.63, 3.8) is 0 Å². The molecular formula is C12H11F2NO5S. The minimum Gasteiger partial charge on any atom is -0.478 e. The molecular weight excluding hydrogens is 308 g/mol. The molecule has 1 heterocycles. The number of hydrogen-bond acceptors (Lipinski definition) is 4. The molecule has 1 amide bonds. The van der Waals surface area contributed by atoms with Gasteiger partial charge in [-0.15, -0.1) is 0 Å². The molecule has 0 aromatic heterocycles. The monoisotopic (exact) mass is 319 g/mol. The molecule has 114 valence electrons. The van der Waals surface area contributed by atoms with E-state index in [1.165, 1.54) is 24.3 Å². The minimum atomic E-state index is -4.51. The molecule has 0 aliphatic carbocycles. The van der Waals surface area contributed by atoms with E-state index >= 15 is 0 Å². The van der Waals surface area contributed by atoms with E-state index in [9.17, 15) is 26.8 Å². The van der Waals surface area contributed by atoms with Crippen LogP contribution in [0.3, 0.4) is 0 Å². The largest absolute Gasteiger partial charge is 0.478 e. The summed E-state index contributed by atoms with van der Waals surface area (Å²) >= 11 is 0. The van der Waals surface area contributed by atoms with Gasteiger partial charge >= 0.3 is 11.7 Å². The van der Waals surface area contributed by atoms with E-state index in [-0.39, 0.29) is 24.2 Å². The maximum absolute atomic E-state index is 12.3. The molecule has 1 aliphatic heterocycles. The number of aromatic carboxylic acids is 1. The zero-order valence-electron chi connectivity index (χ0n) is 10.6. The van der Waals surface area contributed by atoms with Gasteiger partial charge in [0.1, 0.15) is 5.25 Å². The molecule has 9 heteroatoms. The van der Waals surface area contributed by atoms with E-state index in [2.05, 4.69) is 0 Å². The number of carbonyl (C=O) groups excluding carboxylic acids is 1. The average molecular weight is 319 g/mol. The standard InChI is InChI=1S/C12H11F2NO5S/c13-12(14)21(19,20)9-5-15(6-9)10(16)7-1-3-8(4-2-7)11(17)18/h1-4,9,12H,5-6H2,(H,17,18). The second-order valence-corrected chi connectivity index (χ2v) is 6.77. The van der Waals surface area contributed by atoms with Crippen LogP contribution in [0.2, 0.25) is 0 Å². The fourth-order valence-corrected chi connectivity index (χ4v) is 2.96. The van der Waals surface area contributed by atoms with Crippen LogP contribution in [0.25, 0.3) is 0 Å². The highest BCUT2D eigenvalue weighted by molar-refractivity contribution is 7.92. The first-order chi connectivity index (χ1) is 9.73. The van der Waals surface area contributed by atoms with Crippen molar-refractivity contribution in [3.8, 4) is 0 Å². The summed E-state index contributed by atoms with van der Waals surface area (Å²) in [6.45, 7) is -0.571. The molecule has 21 heavy (non-hydrogen) atoms. The lowest BCUT2D eigenvalue weighted by atomic mass is 10.1. The summed E-state index contributed by atoms with van der Waals surface area (Å²) in [4.78, 5) is 23.7. The van der Waals surface area contributed by atoms with Gasteiger partial charge in [0.2, 0.25) is 9.84 Å². The summed E-state index contributed by atoms with van der Waals surface area (Å²) in [6, 6.07) is 5.06. The molecule has 2 rings (SSSR count). The van der Waals surface area contributed by atoms with Crippen LogP contribution in [0.1, 0.15) is 20.7 Å². The zero-order chi connectivity index (χ0) is 15.8. The van der Waals surface area contributed by atoms with Crippen LogP contribution in [-0.2, 0) is 9.84 Å². The first-order valence-electron chi connectivity index (χ1n) is 5.87. The minimum absolute atomic E-state index is 0.00770. The SMILES string of the molecule is O=C(O)c1ccc(C(=O)N2CC(S(=O)(=O)C(F)F)C2)cc1. The number of benzene rings is 1. The van der Waals surface area contributed by atoms with Crippen LogP contribution in [0, 0.1) is 0 Å². The molecule has 0 radical (unpaired) electrons. The first kappa shape index (κ1) is 15.4. The second kappa shape index (κ2) is 5.40. The lowest BCUT2D eigenvalue weighted by Crippen LogP contribution is -2.57. The summed E-state index contributed by atoms with van der Waals surface area (Å²) in [5.74, 6) is -5.11. The summed E-state index contributed by atoms with van der Waals surface area (Å²) in [5, 5.41) is 7.47. The van der Waals surface area contributed by atoms with Crippen LogP contribution < -0.4 is 0 Å². The van der Waals surface area contributed by atoms with E-state index in [1.807, 2.05) is 0 Å². The summed E-state index contributed by atoms with van der Waals surface area (Å²) in [5.41, 5.74) is 0.182. The number of halogens is 2. The fourth-order valence-electron chi connectivity index (χ4n) is 1.90. The number of carbonyl (C=O) groups is 2. The fraction of sp³-hybridized carbons (Fsp3) is 0.333. The Bertz CT molecular complexity index is 665. The van der Waals surface area contributed by atoms with Crippen molar-refractivity contribution < 1.29 is 31.9 Å². The highest BCUT2D eigenvalue weighted by Gasteiger charge is 2.44. The van der Waals surface area contributed by atoms with Gasteiger partial charge in [-0.1, -0.05) is 0 Å². The third-order valence-electron chi connectivity index (χ3n) is 3.23. The number of sulfone groups is 1. The topological polar surface area (TPSA) is 91.8 Å². The van der Waals surface area contributed by atoms with Gasteiger partial charge in [-0.25, -0.2) is 13.2 Å². The number of alkyl halides is 2. The first-order valence-corrected chi connectivity index (χ1v) is 7.48. The number of carboxylic acid groups (broad SMARTS) is 1. The highest BCUT2D eigenvalue weighted by atomic mass is 32.2. The number of nitrogens with zero attached hydrogens (tertiary/aromatic N) is 1.